The molecule has 2 N–H and O–H groups in total. The molecule has 0 aromatic carbocycles. The summed E-state index contributed by atoms with van der Waals surface area (Å²) in [7, 11) is 1.47. The van der Waals surface area contributed by atoms with Crippen molar-refractivity contribution in [1.29, 1.82) is 0 Å². The van der Waals surface area contributed by atoms with E-state index in [-0.39, 0.29) is 6.61 Å². The van der Waals surface area contributed by atoms with Gasteiger partial charge in [-0.1, -0.05) is 6.92 Å². The van der Waals surface area contributed by atoms with Gasteiger partial charge >= 0.3 is 5.97 Å². The number of aliphatic hydroxyl groups is 1. The fraction of sp³-hybridized carbons (Fsp3) is 0.917. The van der Waals surface area contributed by atoms with E-state index in [1.54, 1.807) is 6.92 Å². The third-order valence-corrected chi connectivity index (χ3v) is 4.03. The molecule has 1 fully saturated rings. The maximum absolute atomic E-state index is 11.4. The highest BCUT2D eigenvalue weighted by Crippen LogP contribution is 2.44. The number of carboxylic acid groups (broad SMARTS) is 1. The Labute approximate surface area is 96.6 Å². The summed E-state index contributed by atoms with van der Waals surface area (Å²) in [4.78, 5) is 11.4. The summed E-state index contributed by atoms with van der Waals surface area (Å²) in [5.74, 6) is -0.410. The first-order valence-corrected chi connectivity index (χ1v) is 5.80. The normalized spacial score (nSPS) is 34.4. The molecule has 94 valence electrons. The highest BCUT2D eigenvalue weighted by atomic mass is 16.5. The first kappa shape index (κ1) is 13.5. The zero-order chi connectivity index (χ0) is 12.4. The minimum atomic E-state index is -1.21. The lowest BCUT2D eigenvalue weighted by molar-refractivity contribution is -0.181. The van der Waals surface area contributed by atoms with Crippen molar-refractivity contribution in [3.63, 3.8) is 0 Å². The van der Waals surface area contributed by atoms with Gasteiger partial charge in [0, 0.05) is 7.11 Å². The Bertz CT molecular complexity index is 256. The van der Waals surface area contributed by atoms with Crippen LogP contribution in [0.2, 0.25) is 0 Å². The fourth-order valence-corrected chi connectivity index (χ4v) is 2.48. The first-order valence-electron chi connectivity index (χ1n) is 5.80. The van der Waals surface area contributed by atoms with Crippen LogP contribution in [0.25, 0.3) is 0 Å². The van der Waals surface area contributed by atoms with Gasteiger partial charge in [-0.05, 0) is 38.5 Å². The van der Waals surface area contributed by atoms with Crippen LogP contribution in [0.5, 0.6) is 0 Å². The molecule has 1 aliphatic rings. The Morgan fingerprint density at radius 1 is 1.50 bits per heavy atom. The second-order valence-corrected chi connectivity index (χ2v) is 5.28. The molecule has 4 heteroatoms. The lowest BCUT2D eigenvalue weighted by Crippen LogP contribution is -2.55. The molecule has 1 saturated carbocycles. The Hall–Kier alpha value is -0.610. The van der Waals surface area contributed by atoms with E-state index in [0.29, 0.717) is 18.8 Å². The van der Waals surface area contributed by atoms with Crippen molar-refractivity contribution < 1.29 is 19.7 Å². The number of hydrogen-bond acceptors (Lipinski definition) is 3. The fourth-order valence-electron chi connectivity index (χ4n) is 2.48. The van der Waals surface area contributed by atoms with Crippen LogP contribution in [0, 0.1) is 11.3 Å². The van der Waals surface area contributed by atoms with Gasteiger partial charge in [-0.3, -0.25) is 4.79 Å². The topological polar surface area (TPSA) is 66.8 Å². The van der Waals surface area contributed by atoms with Gasteiger partial charge in [-0.2, -0.15) is 0 Å². The summed E-state index contributed by atoms with van der Waals surface area (Å²) < 4.78 is 4.97. The van der Waals surface area contributed by atoms with Crippen LogP contribution in [0.15, 0.2) is 0 Å². The van der Waals surface area contributed by atoms with Gasteiger partial charge in [0.15, 0.2) is 0 Å². The van der Waals surface area contributed by atoms with Gasteiger partial charge < -0.3 is 14.9 Å². The SMILES string of the molecule is COCC(C)(C(=O)O)C1(O)CCC(C)CC1. The first-order chi connectivity index (χ1) is 7.35. The third-order valence-electron chi connectivity index (χ3n) is 4.03. The Morgan fingerprint density at radius 3 is 2.38 bits per heavy atom. The third kappa shape index (κ3) is 2.23. The average Bonchev–Trinajstić information content (AvgIpc) is 2.22. The maximum Gasteiger partial charge on any atom is 0.314 e. The average molecular weight is 230 g/mol. The molecule has 0 amide bonds. The number of carbonyl (C=O) groups is 1. The molecule has 1 aliphatic carbocycles. The minimum Gasteiger partial charge on any atom is -0.481 e. The number of aliphatic carboxylic acids is 1. The summed E-state index contributed by atoms with van der Waals surface area (Å²) in [5, 5.41) is 19.9. The van der Waals surface area contributed by atoms with Gasteiger partial charge in [0.05, 0.1) is 12.2 Å². The Balaban J connectivity index is 2.89. The van der Waals surface area contributed by atoms with E-state index >= 15 is 0 Å². The Kier molecular flexibility index (Phi) is 3.97. The van der Waals surface area contributed by atoms with Crippen LogP contribution in [0.1, 0.15) is 39.5 Å². The molecule has 1 atom stereocenters. The highest BCUT2D eigenvalue weighted by molar-refractivity contribution is 5.76. The van der Waals surface area contributed by atoms with Crippen molar-refractivity contribution in [2.45, 2.75) is 45.1 Å². The number of hydrogen-bond donors (Lipinski definition) is 2. The number of carboxylic acids is 1. The molecule has 1 unspecified atom stereocenters. The van der Waals surface area contributed by atoms with Crippen molar-refractivity contribution in [1.82, 2.24) is 0 Å². The zero-order valence-corrected chi connectivity index (χ0v) is 10.3. The monoisotopic (exact) mass is 230 g/mol. The van der Waals surface area contributed by atoms with Gasteiger partial charge in [0.2, 0.25) is 0 Å². The summed E-state index contributed by atoms with van der Waals surface area (Å²) in [5.41, 5.74) is -2.34. The van der Waals surface area contributed by atoms with Crippen LogP contribution >= 0.6 is 0 Å². The predicted octanol–water partition coefficient (Wildman–Crippen LogP) is 1.66. The van der Waals surface area contributed by atoms with Crippen molar-refractivity contribution in [2.75, 3.05) is 13.7 Å². The summed E-state index contributed by atoms with van der Waals surface area (Å²) >= 11 is 0. The molecule has 0 aliphatic heterocycles. The van der Waals surface area contributed by atoms with Crippen molar-refractivity contribution >= 4 is 5.97 Å². The van der Waals surface area contributed by atoms with E-state index in [1.807, 2.05) is 0 Å². The van der Waals surface area contributed by atoms with E-state index in [9.17, 15) is 15.0 Å². The van der Waals surface area contributed by atoms with Crippen molar-refractivity contribution in [3.8, 4) is 0 Å². The molecule has 0 spiro atoms. The van der Waals surface area contributed by atoms with Gasteiger partial charge in [-0.25, -0.2) is 0 Å². The number of methoxy groups -OCH3 is 1. The number of rotatable bonds is 4. The highest BCUT2D eigenvalue weighted by Gasteiger charge is 2.53. The predicted molar refractivity (Wildman–Crippen MR) is 60.2 cm³/mol. The maximum atomic E-state index is 11.4. The van der Waals surface area contributed by atoms with Crippen LogP contribution < -0.4 is 0 Å². The van der Waals surface area contributed by atoms with E-state index in [1.165, 1.54) is 7.11 Å². The quantitative estimate of drug-likeness (QED) is 0.771. The molecule has 1 rings (SSSR count). The Morgan fingerprint density at radius 2 is 2.00 bits per heavy atom. The molecular formula is C12H22O4. The second-order valence-electron chi connectivity index (χ2n) is 5.28. The molecule has 16 heavy (non-hydrogen) atoms. The molecule has 0 saturated heterocycles. The van der Waals surface area contributed by atoms with Crippen LogP contribution in [-0.4, -0.2) is 35.5 Å². The van der Waals surface area contributed by atoms with Crippen molar-refractivity contribution in [3.05, 3.63) is 0 Å². The van der Waals surface area contributed by atoms with E-state index in [4.69, 9.17) is 4.74 Å². The van der Waals surface area contributed by atoms with Gasteiger partial charge in [0.1, 0.15) is 5.41 Å². The standard InChI is InChI=1S/C12H22O4/c1-9-4-6-12(15,7-5-9)11(2,8-16-3)10(13)14/h9,15H,4-8H2,1-3H3,(H,13,14). The van der Waals surface area contributed by atoms with Crippen LogP contribution in [-0.2, 0) is 9.53 Å². The molecule has 0 radical (unpaired) electrons. The minimum absolute atomic E-state index is 0.0488. The smallest absolute Gasteiger partial charge is 0.314 e. The summed E-state index contributed by atoms with van der Waals surface area (Å²) in [6.45, 7) is 3.76. The molecular weight excluding hydrogens is 208 g/mol. The molecule has 0 bridgehead atoms. The van der Waals surface area contributed by atoms with Gasteiger partial charge in [0.25, 0.3) is 0 Å². The number of ether oxygens (including phenoxy) is 1. The van der Waals surface area contributed by atoms with Crippen molar-refractivity contribution in [2.24, 2.45) is 11.3 Å². The second kappa shape index (κ2) is 4.72. The molecule has 0 aromatic rings. The van der Waals surface area contributed by atoms with E-state index < -0.39 is 17.0 Å². The molecule has 4 nitrogen and oxygen atoms in total. The molecule has 0 heterocycles. The van der Waals surface area contributed by atoms with Crippen LogP contribution in [0.3, 0.4) is 0 Å². The molecule has 0 aromatic heterocycles. The van der Waals surface area contributed by atoms with Gasteiger partial charge in [-0.15, -0.1) is 0 Å². The summed E-state index contributed by atoms with van der Waals surface area (Å²) in [6.07, 6.45) is 2.84. The van der Waals surface area contributed by atoms with E-state index in [0.717, 1.165) is 12.8 Å². The van der Waals surface area contributed by atoms with Crippen LogP contribution in [0.4, 0.5) is 0 Å². The zero-order valence-electron chi connectivity index (χ0n) is 10.3. The summed E-state index contributed by atoms with van der Waals surface area (Å²) in [6, 6.07) is 0. The lowest BCUT2D eigenvalue weighted by Gasteiger charge is -2.45. The lowest BCUT2D eigenvalue weighted by atomic mass is 9.64. The van der Waals surface area contributed by atoms with E-state index in [2.05, 4.69) is 6.92 Å². The largest absolute Gasteiger partial charge is 0.481 e.